The highest BCUT2D eigenvalue weighted by Gasteiger charge is 2.10. The predicted octanol–water partition coefficient (Wildman–Crippen LogP) is 5.12. The van der Waals surface area contributed by atoms with Crippen molar-refractivity contribution >= 4 is 5.78 Å². The molecule has 0 heterocycles. The highest BCUT2D eigenvalue weighted by Crippen LogP contribution is 2.30. The van der Waals surface area contributed by atoms with Gasteiger partial charge in [-0.2, -0.15) is 0 Å². The zero-order valence-electron chi connectivity index (χ0n) is 17.1. The SMILES string of the molecule is O=C(CCCO)CCc1ccc(OCc2ccccc2)c(OCc2ccccc2)c1. The van der Waals surface area contributed by atoms with E-state index in [2.05, 4.69) is 0 Å². The molecule has 0 aromatic heterocycles. The van der Waals surface area contributed by atoms with E-state index in [9.17, 15) is 4.79 Å². The molecule has 0 saturated heterocycles. The van der Waals surface area contributed by atoms with Gasteiger partial charge in [0.15, 0.2) is 11.5 Å². The number of carbonyl (C=O) groups excluding carboxylic acids is 1. The number of aryl methyl sites for hydroxylation is 1. The number of aliphatic hydroxyl groups excluding tert-OH is 1. The molecular weight excluding hydrogens is 376 g/mol. The first kappa shape index (κ1) is 21.6. The third kappa shape index (κ3) is 7.05. The van der Waals surface area contributed by atoms with E-state index in [0.29, 0.717) is 50.4 Å². The summed E-state index contributed by atoms with van der Waals surface area (Å²) >= 11 is 0. The second-order valence-corrected chi connectivity index (χ2v) is 7.20. The summed E-state index contributed by atoms with van der Waals surface area (Å²) in [5.74, 6) is 1.53. The van der Waals surface area contributed by atoms with Crippen molar-refractivity contribution in [3.63, 3.8) is 0 Å². The van der Waals surface area contributed by atoms with Gasteiger partial charge in [0.25, 0.3) is 0 Å². The van der Waals surface area contributed by atoms with Gasteiger partial charge >= 0.3 is 0 Å². The van der Waals surface area contributed by atoms with Crippen LogP contribution in [0.5, 0.6) is 11.5 Å². The van der Waals surface area contributed by atoms with E-state index >= 15 is 0 Å². The molecule has 0 atom stereocenters. The monoisotopic (exact) mass is 404 g/mol. The van der Waals surface area contributed by atoms with Gasteiger partial charge in [-0.25, -0.2) is 0 Å². The smallest absolute Gasteiger partial charge is 0.161 e. The van der Waals surface area contributed by atoms with Crippen molar-refractivity contribution < 1.29 is 19.4 Å². The average molecular weight is 405 g/mol. The van der Waals surface area contributed by atoms with Gasteiger partial charge in [-0.1, -0.05) is 66.7 Å². The third-order valence-corrected chi connectivity index (χ3v) is 4.79. The van der Waals surface area contributed by atoms with Crippen LogP contribution in [0.15, 0.2) is 78.9 Å². The lowest BCUT2D eigenvalue weighted by Crippen LogP contribution is -2.03. The van der Waals surface area contributed by atoms with E-state index in [1.165, 1.54) is 0 Å². The number of rotatable bonds is 12. The summed E-state index contributed by atoms with van der Waals surface area (Å²) in [6.07, 6.45) is 2.05. The quantitative estimate of drug-likeness (QED) is 0.455. The Bertz CT molecular complexity index is 907. The molecule has 0 aliphatic carbocycles. The maximum Gasteiger partial charge on any atom is 0.161 e. The molecule has 156 valence electrons. The molecule has 0 bridgehead atoms. The van der Waals surface area contributed by atoms with Crippen molar-refractivity contribution in [3.05, 3.63) is 95.6 Å². The second kappa shape index (κ2) is 11.8. The molecular formula is C26H28O4. The Morgan fingerprint density at radius 1 is 0.700 bits per heavy atom. The molecule has 4 nitrogen and oxygen atoms in total. The number of hydrogen-bond acceptors (Lipinski definition) is 4. The Morgan fingerprint density at radius 3 is 1.90 bits per heavy atom. The molecule has 0 saturated carbocycles. The fourth-order valence-electron chi connectivity index (χ4n) is 3.10. The van der Waals surface area contributed by atoms with E-state index in [-0.39, 0.29) is 12.4 Å². The van der Waals surface area contributed by atoms with E-state index in [4.69, 9.17) is 14.6 Å². The lowest BCUT2D eigenvalue weighted by Gasteiger charge is -2.15. The molecule has 3 aromatic carbocycles. The third-order valence-electron chi connectivity index (χ3n) is 4.79. The summed E-state index contributed by atoms with van der Waals surface area (Å²) in [4.78, 5) is 11.9. The number of ketones is 1. The van der Waals surface area contributed by atoms with Crippen LogP contribution in [0.25, 0.3) is 0 Å². The average Bonchev–Trinajstić information content (AvgIpc) is 2.80. The predicted molar refractivity (Wildman–Crippen MR) is 118 cm³/mol. The molecule has 0 fully saturated rings. The van der Waals surface area contributed by atoms with Gasteiger partial charge in [0, 0.05) is 19.4 Å². The number of ether oxygens (including phenoxy) is 2. The summed E-state index contributed by atoms with van der Waals surface area (Å²) in [5, 5.41) is 8.87. The maximum atomic E-state index is 11.9. The highest BCUT2D eigenvalue weighted by molar-refractivity contribution is 5.78. The Hall–Kier alpha value is -3.11. The van der Waals surface area contributed by atoms with Gasteiger partial charge in [-0.15, -0.1) is 0 Å². The highest BCUT2D eigenvalue weighted by atomic mass is 16.5. The Kier molecular flexibility index (Phi) is 8.48. The zero-order chi connectivity index (χ0) is 21.0. The lowest BCUT2D eigenvalue weighted by molar-refractivity contribution is -0.119. The fourth-order valence-corrected chi connectivity index (χ4v) is 3.10. The minimum absolute atomic E-state index is 0.0522. The minimum atomic E-state index is 0.0522. The van der Waals surface area contributed by atoms with Crippen LogP contribution in [-0.4, -0.2) is 17.5 Å². The summed E-state index contributed by atoms with van der Waals surface area (Å²) in [5.41, 5.74) is 3.20. The van der Waals surface area contributed by atoms with Gasteiger partial charge < -0.3 is 14.6 Å². The van der Waals surface area contributed by atoms with Gasteiger partial charge in [0.2, 0.25) is 0 Å². The first-order valence-corrected chi connectivity index (χ1v) is 10.3. The van der Waals surface area contributed by atoms with E-state index < -0.39 is 0 Å². The molecule has 0 amide bonds. The van der Waals surface area contributed by atoms with Crippen LogP contribution in [0.2, 0.25) is 0 Å². The summed E-state index contributed by atoms with van der Waals surface area (Å²) < 4.78 is 12.1. The fraction of sp³-hybridized carbons (Fsp3) is 0.269. The number of benzene rings is 3. The van der Waals surface area contributed by atoms with Crippen molar-refractivity contribution in [2.24, 2.45) is 0 Å². The molecule has 0 spiro atoms. The normalized spacial score (nSPS) is 10.6. The van der Waals surface area contributed by atoms with E-state index in [1.54, 1.807) is 0 Å². The van der Waals surface area contributed by atoms with Gasteiger partial charge in [0.1, 0.15) is 19.0 Å². The summed E-state index contributed by atoms with van der Waals surface area (Å²) in [7, 11) is 0. The molecule has 3 aromatic rings. The van der Waals surface area contributed by atoms with Crippen LogP contribution >= 0.6 is 0 Å². The molecule has 0 unspecified atom stereocenters. The van der Waals surface area contributed by atoms with Crippen molar-refractivity contribution in [2.75, 3.05) is 6.61 Å². The van der Waals surface area contributed by atoms with Crippen molar-refractivity contribution in [3.8, 4) is 11.5 Å². The van der Waals surface area contributed by atoms with Crippen molar-refractivity contribution in [1.82, 2.24) is 0 Å². The Labute approximate surface area is 178 Å². The van der Waals surface area contributed by atoms with E-state index in [0.717, 1.165) is 16.7 Å². The molecule has 1 N–H and O–H groups in total. The van der Waals surface area contributed by atoms with Crippen molar-refractivity contribution in [2.45, 2.75) is 38.9 Å². The van der Waals surface area contributed by atoms with Crippen molar-refractivity contribution in [1.29, 1.82) is 0 Å². The topological polar surface area (TPSA) is 55.8 Å². The van der Waals surface area contributed by atoms with Crippen LogP contribution < -0.4 is 9.47 Å². The van der Waals surface area contributed by atoms with Crippen LogP contribution in [0.3, 0.4) is 0 Å². The minimum Gasteiger partial charge on any atom is -0.485 e. The molecule has 0 radical (unpaired) electrons. The van der Waals surface area contributed by atoms with Crippen LogP contribution in [0.1, 0.15) is 36.0 Å². The number of aliphatic hydroxyl groups is 1. The number of Topliss-reactive ketones (excluding diaryl/α,β-unsaturated/α-hetero) is 1. The van der Waals surface area contributed by atoms with Gasteiger partial charge in [-0.3, -0.25) is 4.79 Å². The largest absolute Gasteiger partial charge is 0.485 e. The van der Waals surface area contributed by atoms with Crippen LogP contribution in [-0.2, 0) is 24.4 Å². The zero-order valence-corrected chi connectivity index (χ0v) is 17.1. The Morgan fingerprint density at radius 2 is 1.30 bits per heavy atom. The van der Waals surface area contributed by atoms with Gasteiger partial charge in [0.05, 0.1) is 0 Å². The number of carbonyl (C=O) groups is 1. The second-order valence-electron chi connectivity index (χ2n) is 7.20. The maximum absolute atomic E-state index is 11.9. The first-order chi connectivity index (χ1) is 14.7. The lowest BCUT2D eigenvalue weighted by atomic mass is 10.0. The molecule has 30 heavy (non-hydrogen) atoms. The molecule has 0 aliphatic rings. The first-order valence-electron chi connectivity index (χ1n) is 10.3. The molecule has 3 rings (SSSR count). The van der Waals surface area contributed by atoms with E-state index in [1.807, 2.05) is 78.9 Å². The van der Waals surface area contributed by atoms with Crippen LogP contribution in [0, 0.1) is 0 Å². The summed E-state index contributed by atoms with van der Waals surface area (Å²) in [6.45, 7) is 0.958. The molecule has 4 heteroatoms. The molecule has 0 aliphatic heterocycles. The standard InChI is InChI=1S/C26H28O4/c27-17-7-12-24(28)15-13-21-14-16-25(29-19-22-8-3-1-4-9-22)26(18-21)30-20-23-10-5-2-6-11-23/h1-6,8-11,14,16,18,27H,7,12-13,15,17,19-20H2. The van der Waals surface area contributed by atoms with Gasteiger partial charge in [-0.05, 0) is 41.7 Å². The number of hydrogen-bond donors (Lipinski definition) is 1. The summed E-state index contributed by atoms with van der Waals surface area (Å²) in [6, 6.07) is 25.9. The van der Waals surface area contributed by atoms with Crippen LogP contribution in [0.4, 0.5) is 0 Å². The Balaban J connectivity index is 1.68.